The number of benzene rings is 2. The number of fused-ring (bicyclic) bond motifs is 1. The summed E-state index contributed by atoms with van der Waals surface area (Å²) in [5.74, 6) is 1.000. The van der Waals surface area contributed by atoms with Gasteiger partial charge in [0.25, 0.3) is 5.56 Å². The molecule has 1 N–H and O–H groups in total. The molecule has 0 saturated heterocycles. The standard InChI is InChI=1S/C25H25N3O5S/c1-3-32-19-10-8-18(9-11-19)26-22(29)16-27-21-12-13-34-23(21)24(30)28(25(27)31)15-17-6-5-7-20(14-17)33-4-2/h5-14H,3-4,15-16H2,1-2H3,(H,26,29). The molecule has 2 heterocycles. The van der Waals surface area contributed by atoms with Gasteiger partial charge in [-0.3, -0.25) is 18.7 Å². The number of carbonyl (C=O) groups is 1. The number of anilines is 1. The van der Waals surface area contributed by atoms with Gasteiger partial charge in [0.05, 0.1) is 25.3 Å². The van der Waals surface area contributed by atoms with Crippen molar-refractivity contribution in [3.05, 3.63) is 86.4 Å². The van der Waals surface area contributed by atoms with Crippen LogP contribution in [0.5, 0.6) is 11.5 Å². The van der Waals surface area contributed by atoms with E-state index in [-0.39, 0.29) is 24.6 Å². The maximum Gasteiger partial charge on any atom is 0.332 e. The minimum absolute atomic E-state index is 0.0763. The number of hydrogen-bond donors (Lipinski definition) is 1. The van der Waals surface area contributed by atoms with E-state index in [2.05, 4.69) is 5.32 Å². The van der Waals surface area contributed by atoms with Gasteiger partial charge in [-0.05, 0) is 67.3 Å². The smallest absolute Gasteiger partial charge is 0.332 e. The van der Waals surface area contributed by atoms with Crippen molar-refractivity contribution in [3.8, 4) is 11.5 Å². The van der Waals surface area contributed by atoms with Crippen molar-refractivity contribution in [2.45, 2.75) is 26.9 Å². The number of nitrogens with zero attached hydrogens (tertiary/aromatic N) is 2. The van der Waals surface area contributed by atoms with E-state index in [1.807, 2.05) is 32.0 Å². The number of aromatic nitrogens is 2. The molecule has 0 atom stereocenters. The Balaban J connectivity index is 1.63. The molecule has 2 aromatic carbocycles. The molecule has 34 heavy (non-hydrogen) atoms. The largest absolute Gasteiger partial charge is 0.494 e. The van der Waals surface area contributed by atoms with Crippen molar-refractivity contribution in [1.82, 2.24) is 9.13 Å². The van der Waals surface area contributed by atoms with E-state index in [0.29, 0.717) is 40.6 Å². The highest BCUT2D eigenvalue weighted by atomic mass is 32.1. The molecule has 0 aliphatic heterocycles. The second-order valence-corrected chi connectivity index (χ2v) is 8.40. The normalized spacial score (nSPS) is 10.9. The van der Waals surface area contributed by atoms with Gasteiger partial charge in [-0.1, -0.05) is 12.1 Å². The second kappa shape index (κ2) is 10.4. The summed E-state index contributed by atoms with van der Waals surface area (Å²) in [4.78, 5) is 39.2. The van der Waals surface area contributed by atoms with Crippen molar-refractivity contribution >= 4 is 33.1 Å². The first kappa shape index (κ1) is 23.3. The number of carbonyl (C=O) groups excluding carboxylic acids is 1. The summed E-state index contributed by atoms with van der Waals surface area (Å²) < 4.78 is 13.9. The Kier molecular flexibility index (Phi) is 7.12. The molecule has 0 bridgehead atoms. The zero-order chi connectivity index (χ0) is 24.1. The Labute approximate surface area is 200 Å². The molecule has 1 amide bonds. The maximum atomic E-state index is 13.3. The molecule has 0 saturated carbocycles. The van der Waals surface area contributed by atoms with E-state index in [9.17, 15) is 14.4 Å². The van der Waals surface area contributed by atoms with Crippen LogP contribution in [0.2, 0.25) is 0 Å². The first-order chi connectivity index (χ1) is 16.5. The van der Waals surface area contributed by atoms with Crippen LogP contribution in [0.15, 0.2) is 69.6 Å². The molecule has 9 heteroatoms. The van der Waals surface area contributed by atoms with Crippen molar-refractivity contribution in [2.24, 2.45) is 0 Å². The molecule has 4 aromatic rings. The predicted octanol–water partition coefficient (Wildman–Crippen LogP) is 3.71. The van der Waals surface area contributed by atoms with Gasteiger partial charge in [-0.2, -0.15) is 0 Å². The van der Waals surface area contributed by atoms with Crippen molar-refractivity contribution in [3.63, 3.8) is 0 Å². The average molecular weight is 480 g/mol. The highest BCUT2D eigenvalue weighted by molar-refractivity contribution is 7.17. The van der Waals surface area contributed by atoms with E-state index in [1.165, 1.54) is 15.9 Å². The predicted molar refractivity (Wildman–Crippen MR) is 133 cm³/mol. The molecule has 0 aliphatic carbocycles. The lowest BCUT2D eigenvalue weighted by atomic mass is 10.2. The average Bonchev–Trinajstić information content (AvgIpc) is 3.32. The van der Waals surface area contributed by atoms with Gasteiger partial charge in [-0.15, -0.1) is 11.3 Å². The van der Waals surface area contributed by atoms with Crippen LogP contribution < -0.4 is 26.0 Å². The number of hydrogen-bond acceptors (Lipinski definition) is 6. The van der Waals surface area contributed by atoms with E-state index < -0.39 is 5.69 Å². The van der Waals surface area contributed by atoms with Crippen LogP contribution in [0.3, 0.4) is 0 Å². The van der Waals surface area contributed by atoms with Gasteiger partial charge < -0.3 is 14.8 Å². The Morgan fingerprint density at radius 1 is 0.941 bits per heavy atom. The van der Waals surface area contributed by atoms with Gasteiger partial charge in [0.15, 0.2) is 0 Å². The van der Waals surface area contributed by atoms with E-state index in [4.69, 9.17) is 9.47 Å². The summed E-state index contributed by atoms with van der Waals surface area (Å²) in [6.45, 7) is 4.70. The fraction of sp³-hybridized carbons (Fsp3) is 0.240. The minimum Gasteiger partial charge on any atom is -0.494 e. The molecule has 0 unspecified atom stereocenters. The minimum atomic E-state index is -0.542. The van der Waals surface area contributed by atoms with Gasteiger partial charge in [-0.25, -0.2) is 4.79 Å². The van der Waals surface area contributed by atoms with Crippen molar-refractivity contribution in [2.75, 3.05) is 18.5 Å². The van der Waals surface area contributed by atoms with E-state index in [1.54, 1.807) is 41.8 Å². The Morgan fingerprint density at radius 3 is 2.41 bits per heavy atom. The van der Waals surface area contributed by atoms with E-state index >= 15 is 0 Å². The van der Waals surface area contributed by atoms with Crippen LogP contribution in [0.4, 0.5) is 5.69 Å². The van der Waals surface area contributed by atoms with Crippen molar-refractivity contribution < 1.29 is 14.3 Å². The molecule has 2 aromatic heterocycles. The van der Waals surface area contributed by atoms with Crippen LogP contribution in [0, 0.1) is 0 Å². The Hall–Kier alpha value is -3.85. The molecule has 0 radical (unpaired) electrons. The van der Waals surface area contributed by atoms with Gasteiger partial charge in [0, 0.05) is 5.69 Å². The summed E-state index contributed by atoms with van der Waals surface area (Å²) in [5.41, 5.74) is 0.872. The SMILES string of the molecule is CCOc1ccc(NC(=O)Cn2c(=O)n(Cc3cccc(OCC)c3)c(=O)c3sccc32)cc1. The highest BCUT2D eigenvalue weighted by Gasteiger charge is 2.17. The molecular formula is C25H25N3O5S. The topological polar surface area (TPSA) is 91.6 Å². The van der Waals surface area contributed by atoms with Gasteiger partial charge >= 0.3 is 5.69 Å². The monoisotopic (exact) mass is 479 g/mol. The van der Waals surface area contributed by atoms with Crippen LogP contribution in [0.25, 0.3) is 10.2 Å². The lowest BCUT2D eigenvalue weighted by Crippen LogP contribution is -2.41. The molecule has 0 fully saturated rings. The lowest BCUT2D eigenvalue weighted by Gasteiger charge is -2.13. The highest BCUT2D eigenvalue weighted by Crippen LogP contribution is 2.18. The second-order valence-electron chi connectivity index (χ2n) is 7.48. The quantitative estimate of drug-likeness (QED) is 0.395. The number of thiophene rings is 1. The summed E-state index contributed by atoms with van der Waals surface area (Å²) in [6, 6.07) is 16.0. The van der Waals surface area contributed by atoms with Gasteiger partial charge in [0.2, 0.25) is 5.91 Å². The Bertz CT molecular complexity index is 1420. The molecule has 176 valence electrons. The molecule has 0 spiro atoms. The first-order valence-corrected chi connectivity index (χ1v) is 11.8. The molecule has 8 nitrogen and oxygen atoms in total. The van der Waals surface area contributed by atoms with Crippen LogP contribution in [0.1, 0.15) is 19.4 Å². The molecule has 4 rings (SSSR count). The summed E-state index contributed by atoms with van der Waals surface area (Å²) in [7, 11) is 0. The fourth-order valence-electron chi connectivity index (χ4n) is 3.65. The molecular weight excluding hydrogens is 454 g/mol. The van der Waals surface area contributed by atoms with E-state index in [0.717, 1.165) is 10.1 Å². The third-order valence-corrected chi connectivity index (χ3v) is 6.03. The number of nitrogens with one attached hydrogen (secondary N) is 1. The zero-order valence-electron chi connectivity index (χ0n) is 18.9. The lowest BCUT2D eigenvalue weighted by molar-refractivity contribution is -0.116. The third-order valence-electron chi connectivity index (χ3n) is 5.14. The number of ether oxygens (including phenoxy) is 2. The summed E-state index contributed by atoms with van der Waals surface area (Å²) >= 11 is 1.25. The zero-order valence-corrected chi connectivity index (χ0v) is 19.8. The maximum absolute atomic E-state index is 13.3. The van der Waals surface area contributed by atoms with Crippen LogP contribution >= 0.6 is 11.3 Å². The number of amides is 1. The summed E-state index contributed by atoms with van der Waals surface area (Å²) in [5, 5.41) is 4.54. The number of rotatable bonds is 9. The molecule has 0 aliphatic rings. The van der Waals surface area contributed by atoms with Crippen molar-refractivity contribution in [1.29, 1.82) is 0 Å². The fourth-order valence-corrected chi connectivity index (χ4v) is 4.50. The third kappa shape index (κ3) is 5.04. The first-order valence-electron chi connectivity index (χ1n) is 11.0. The van der Waals surface area contributed by atoms with Crippen LogP contribution in [-0.2, 0) is 17.9 Å². The Morgan fingerprint density at radius 2 is 1.68 bits per heavy atom. The van der Waals surface area contributed by atoms with Crippen LogP contribution in [-0.4, -0.2) is 28.3 Å². The summed E-state index contributed by atoms with van der Waals surface area (Å²) in [6.07, 6.45) is 0. The van der Waals surface area contributed by atoms with Gasteiger partial charge in [0.1, 0.15) is 22.7 Å².